The number of anilines is 1. The Kier molecular flexibility index (Phi) is 5.96. The molecule has 0 aliphatic heterocycles. The van der Waals surface area contributed by atoms with Crippen molar-refractivity contribution in [2.24, 2.45) is 0 Å². The molecule has 0 saturated heterocycles. The Morgan fingerprint density at radius 3 is 2.46 bits per heavy atom. The lowest BCUT2D eigenvalue weighted by molar-refractivity contribution is -0.132. The van der Waals surface area contributed by atoms with Crippen molar-refractivity contribution in [2.75, 3.05) is 18.9 Å². The van der Waals surface area contributed by atoms with Gasteiger partial charge in [-0.25, -0.2) is 0 Å². The average molecular weight is 418 g/mol. The van der Waals surface area contributed by atoms with Crippen molar-refractivity contribution in [3.05, 3.63) is 63.3 Å². The molecule has 0 unspecified atom stereocenters. The Hall–Kier alpha value is -2.50. The molecule has 2 aromatic carbocycles. The molecule has 146 valence electrons. The number of nitrogens with one attached hydrogen (secondary N) is 2. The first-order valence-corrected chi connectivity index (χ1v) is 9.57. The molecule has 0 bridgehead atoms. The van der Waals surface area contributed by atoms with Crippen molar-refractivity contribution in [3.8, 4) is 0 Å². The number of aromatic nitrogens is 1. The highest BCUT2D eigenvalue weighted by Gasteiger charge is 2.18. The van der Waals surface area contributed by atoms with E-state index in [2.05, 4.69) is 16.4 Å². The predicted octanol–water partition coefficient (Wildman–Crippen LogP) is 4.73. The molecule has 5 nitrogen and oxygen atoms in total. The minimum atomic E-state index is -0.364. The Morgan fingerprint density at radius 1 is 1.11 bits per heavy atom. The zero-order valence-corrected chi connectivity index (χ0v) is 17.4. The summed E-state index contributed by atoms with van der Waals surface area (Å²) in [5, 5.41) is 4.40. The zero-order chi connectivity index (χ0) is 20.4. The molecule has 2 amide bonds. The number of fused-ring (bicyclic) bond motifs is 1. The van der Waals surface area contributed by atoms with E-state index >= 15 is 0 Å². The number of H-pyrrole nitrogens is 1. The summed E-state index contributed by atoms with van der Waals surface area (Å²) in [6, 6.07) is 11.1. The van der Waals surface area contributed by atoms with Crippen LogP contribution in [-0.2, 0) is 16.0 Å². The molecule has 0 aliphatic rings. The van der Waals surface area contributed by atoms with Crippen LogP contribution in [0.25, 0.3) is 10.9 Å². The minimum Gasteiger partial charge on any atom is -0.358 e. The fraction of sp³-hybridized carbons (Fsp3) is 0.238. The first-order valence-electron chi connectivity index (χ1n) is 8.82. The van der Waals surface area contributed by atoms with Crippen molar-refractivity contribution in [1.29, 1.82) is 0 Å². The van der Waals surface area contributed by atoms with Crippen LogP contribution in [0.15, 0.2) is 36.4 Å². The fourth-order valence-corrected chi connectivity index (χ4v) is 3.60. The van der Waals surface area contributed by atoms with Crippen LogP contribution in [0.2, 0.25) is 10.0 Å². The lowest BCUT2D eigenvalue weighted by Crippen LogP contribution is -2.36. The predicted molar refractivity (Wildman–Crippen MR) is 114 cm³/mol. The second kappa shape index (κ2) is 8.25. The molecule has 2 N–H and O–H groups in total. The SMILES string of the molecule is Cc1ccc2[nH]c(C)c(CC(=O)N(C)CC(=O)Nc3c(Cl)cccc3Cl)c2c1. The van der Waals surface area contributed by atoms with E-state index in [0.717, 1.165) is 27.7 Å². The average Bonchev–Trinajstić information content (AvgIpc) is 2.93. The molecule has 1 heterocycles. The van der Waals surface area contributed by atoms with Crippen LogP contribution in [-0.4, -0.2) is 35.3 Å². The van der Waals surface area contributed by atoms with Crippen molar-refractivity contribution in [1.82, 2.24) is 9.88 Å². The maximum Gasteiger partial charge on any atom is 0.244 e. The lowest BCUT2D eigenvalue weighted by Gasteiger charge is -2.18. The summed E-state index contributed by atoms with van der Waals surface area (Å²) in [6.45, 7) is 3.87. The van der Waals surface area contributed by atoms with Gasteiger partial charge in [-0.15, -0.1) is 0 Å². The molecule has 0 spiro atoms. The molecule has 28 heavy (non-hydrogen) atoms. The number of benzene rings is 2. The summed E-state index contributed by atoms with van der Waals surface area (Å²) in [6.07, 6.45) is 0.214. The van der Waals surface area contributed by atoms with Crippen LogP contribution in [0.3, 0.4) is 0 Å². The Labute approximate surface area is 173 Å². The van der Waals surface area contributed by atoms with E-state index in [1.807, 2.05) is 26.0 Å². The topological polar surface area (TPSA) is 65.2 Å². The van der Waals surface area contributed by atoms with Gasteiger partial charge in [-0.3, -0.25) is 9.59 Å². The van der Waals surface area contributed by atoms with Crippen LogP contribution in [0.5, 0.6) is 0 Å². The van der Waals surface area contributed by atoms with Gasteiger partial charge in [-0.1, -0.05) is 40.9 Å². The third-order valence-electron chi connectivity index (χ3n) is 4.64. The number of rotatable bonds is 5. The van der Waals surface area contributed by atoms with E-state index in [1.165, 1.54) is 4.90 Å². The molecule has 0 fully saturated rings. The molecule has 7 heteroatoms. The first kappa shape index (κ1) is 20.2. The Balaban J connectivity index is 1.69. The lowest BCUT2D eigenvalue weighted by atomic mass is 10.1. The van der Waals surface area contributed by atoms with Gasteiger partial charge in [-0.2, -0.15) is 0 Å². The Bertz CT molecular complexity index is 1040. The number of aryl methyl sites for hydroxylation is 2. The van der Waals surface area contributed by atoms with Crippen LogP contribution in [0.1, 0.15) is 16.8 Å². The highest BCUT2D eigenvalue weighted by molar-refractivity contribution is 6.39. The summed E-state index contributed by atoms with van der Waals surface area (Å²) in [5.41, 5.74) is 4.38. The van der Waals surface area contributed by atoms with Crippen LogP contribution >= 0.6 is 23.2 Å². The summed E-state index contributed by atoms with van der Waals surface area (Å²) in [5.74, 6) is -0.511. The van der Waals surface area contributed by atoms with Gasteiger partial charge >= 0.3 is 0 Å². The van der Waals surface area contributed by atoms with Crippen molar-refractivity contribution in [3.63, 3.8) is 0 Å². The molecular weight excluding hydrogens is 397 g/mol. The number of carbonyl (C=O) groups is 2. The molecule has 0 radical (unpaired) electrons. The van der Waals surface area contributed by atoms with Gasteiger partial charge in [-0.05, 0) is 43.7 Å². The summed E-state index contributed by atoms with van der Waals surface area (Å²) >= 11 is 12.1. The maximum atomic E-state index is 12.7. The number of likely N-dealkylation sites (N-methyl/N-ethyl adjacent to an activating group) is 1. The van der Waals surface area contributed by atoms with E-state index in [1.54, 1.807) is 25.2 Å². The smallest absolute Gasteiger partial charge is 0.244 e. The van der Waals surface area contributed by atoms with Gasteiger partial charge < -0.3 is 15.2 Å². The summed E-state index contributed by atoms with van der Waals surface area (Å²) in [7, 11) is 1.60. The van der Waals surface area contributed by atoms with E-state index in [4.69, 9.17) is 23.2 Å². The number of halogens is 2. The van der Waals surface area contributed by atoms with Gasteiger partial charge in [0.05, 0.1) is 28.7 Å². The molecule has 0 aliphatic carbocycles. The number of aromatic amines is 1. The third-order valence-corrected chi connectivity index (χ3v) is 5.27. The zero-order valence-electron chi connectivity index (χ0n) is 15.9. The van der Waals surface area contributed by atoms with Gasteiger partial charge in [0.25, 0.3) is 0 Å². The number of carbonyl (C=O) groups excluding carboxylic acids is 2. The minimum absolute atomic E-state index is 0.0964. The normalized spacial score (nSPS) is 10.9. The number of hydrogen-bond donors (Lipinski definition) is 2. The second-order valence-electron chi connectivity index (χ2n) is 6.85. The van der Waals surface area contributed by atoms with E-state index < -0.39 is 0 Å². The molecule has 0 atom stereocenters. The number of hydrogen-bond acceptors (Lipinski definition) is 2. The Morgan fingerprint density at radius 2 is 1.79 bits per heavy atom. The monoisotopic (exact) mass is 417 g/mol. The molecule has 1 aromatic heterocycles. The van der Waals surface area contributed by atoms with E-state index in [9.17, 15) is 9.59 Å². The number of para-hydroxylation sites is 1. The van der Waals surface area contributed by atoms with E-state index in [0.29, 0.717) is 15.7 Å². The van der Waals surface area contributed by atoms with Crippen LogP contribution < -0.4 is 5.32 Å². The van der Waals surface area contributed by atoms with Crippen LogP contribution in [0.4, 0.5) is 5.69 Å². The third kappa shape index (κ3) is 4.32. The number of nitrogens with zero attached hydrogens (tertiary/aromatic N) is 1. The van der Waals surface area contributed by atoms with Gasteiger partial charge in [0.1, 0.15) is 0 Å². The molecule has 0 saturated carbocycles. The van der Waals surface area contributed by atoms with E-state index in [-0.39, 0.29) is 24.8 Å². The fourth-order valence-electron chi connectivity index (χ4n) is 3.11. The largest absolute Gasteiger partial charge is 0.358 e. The van der Waals surface area contributed by atoms with Crippen molar-refractivity contribution >= 4 is 51.6 Å². The van der Waals surface area contributed by atoms with Crippen LogP contribution in [0, 0.1) is 13.8 Å². The first-order chi connectivity index (χ1) is 13.3. The molecule has 3 rings (SSSR count). The second-order valence-corrected chi connectivity index (χ2v) is 7.66. The number of amides is 2. The summed E-state index contributed by atoms with van der Waals surface area (Å²) < 4.78 is 0. The maximum absolute atomic E-state index is 12.7. The molecular formula is C21H21Cl2N3O2. The van der Waals surface area contributed by atoms with Crippen molar-refractivity contribution in [2.45, 2.75) is 20.3 Å². The molecule has 3 aromatic rings. The van der Waals surface area contributed by atoms with Gasteiger partial charge in [0.2, 0.25) is 11.8 Å². The standard InChI is InChI=1S/C21H21Cl2N3O2/c1-12-7-8-18-15(9-12)14(13(2)24-18)10-20(28)26(3)11-19(27)25-21-16(22)5-4-6-17(21)23/h4-9,24H,10-11H2,1-3H3,(H,25,27). The van der Waals surface area contributed by atoms with Gasteiger partial charge in [0.15, 0.2) is 0 Å². The summed E-state index contributed by atoms with van der Waals surface area (Å²) in [4.78, 5) is 29.7. The highest BCUT2D eigenvalue weighted by atomic mass is 35.5. The van der Waals surface area contributed by atoms with Crippen molar-refractivity contribution < 1.29 is 9.59 Å². The highest BCUT2D eigenvalue weighted by Crippen LogP contribution is 2.29. The quantitative estimate of drug-likeness (QED) is 0.629. The van der Waals surface area contributed by atoms with Gasteiger partial charge in [0, 0.05) is 23.6 Å².